The van der Waals surface area contributed by atoms with Crippen LogP contribution in [0, 0.1) is 0 Å². The van der Waals surface area contributed by atoms with Gasteiger partial charge in [-0.25, -0.2) is 0 Å². The predicted molar refractivity (Wildman–Crippen MR) is 53.9 cm³/mol. The third kappa shape index (κ3) is 3.87. The largest absolute Gasteiger partial charge is 0.508 e. The monoisotopic (exact) mass is 234 g/mol. The van der Waals surface area contributed by atoms with Crippen LogP contribution in [0.2, 0.25) is 0 Å². The Bertz CT molecular complexity index is 360. The second-order valence-electron chi connectivity index (χ2n) is 2.83. The van der Waals surface area contributed by atoms with Gasteiger partial charge in [0.05, 0.1) is 0 Å². The highest BCUT2D eigenvalue weighted by molar-refractivity contribution is 8.00. The normalized spacial score (nSPS) is 11.4. The molecule has 1 rings (SSSR count). The fraction of sp³-hybridized carbons (Fsp3) is 0.200. The van der Waals surface area contributed by atoms with Crippen LogP contribution in [-0.4, -0.2) is 10.6 Å². The van der Waals surface area contributed by atoms with E-state index in [1.165, 1.54) is 24.3 Å². The standard InChI is InChI=1S/C10H9F3OS/c1-2-3-7-6-8(4-5-9(7)14)15-10(11,12)13/h2,4-6,14H,1,3H2. The van der Waals surface area contributed by atoms with Crippen molar-refractivity contribution in [2.45, 2.75) is 16.8 Å². The highest BCUT2D eigenvalue weighted by Crippen LogP contribution is 2.38. The minimum Gasteiger partial charge on any atom is -0.508 e. The molecule has 1 aromatic rings. The molecule has 0 saturated heterocycles. The number of rotatable bonds is 3. The first-order valence-corrected chi connectivity index (χ1v) is 4.92. The summed E-state index contributed by atoms with van der Waals surface area (Å²) < 4.78 is 36.1. The van der Waals surface area contributed by atoms with Crippen LogP contribution in [0.15, 0.2) is 35.7 Å². The Morgan fingerprint density at radius 3 is 2.60 bits per heavy atom. The third-order valence-corrected chi connectivity index (χ3v) is 2.37. The Labute approximate surface area is 89.6 Å². The van der Waals surface area contributed by atoms with Crippen LogP contribution in [0.4, 0.5) is 13.2 Å². The van der Waals surface area contributed by atoms with Crippen LogP contribution in [0.25, 0.3) is 0 Å². The van der Waals surface area contributed by atoms with E-state index in [1.807, 2.05) is 0 Å². The lowest BCUT2D eigenvalue weighted by molar-refractivity contribution is -0.0328. The molecule has 0 unspecified atom stereocenters. The van der Waals surface area contributed by atoms with Crippen LogP contribution in [0.3, 0.4) is 0 Å². The summed E-state index contributed by atoms with van der Waals surface area (Å²) in [6.07, 6.45) is 1.87. The Hall–Kier alpha value is -1.10. The number of halogens is 3. The molecular weight excluding hydrogens is 225 g/mol. The lowest BCUT2D eigenvalue weighted by Gasteiger charge is -2.08. The van der Waals surface area contributed by atoms with Crippen LogP contribution in [0.5, 0.6) is 5.75 Å². The van der Waals surface area contributed by atoms with Gasteiger partial charge in [0.2, 0.25) is 0 Å². The first-order chi connectivity index (χ1) is 6.92. The summed E-state index contributed by atoms with van der Waals surface area (Å²) >= 11 is -0.196. The second-order valence-corrected chi connectivity index (χ2v) is 3.97. The molecule has 15 heavy (non-hydrogen) atoms. The zero-order chi connectivity index (χ0) is 11.5. The van der Waals surface area contributed by atoms with Crippen LogP contribution < -0.4 is 0 Å². The number of benzene rings is 1. The summed E-state index contributed by atoms with van der Waals surface area (Å²) in [5.41, 5.74) is -3.86. The Balaban J connectivity index is 2.92. The number of hydrogen-bond acceptors (Lipinski definition) is 2. The van der Waals surface area contributed by atoms with Crippen LogP contribution >= 0.6 is 11.8 Å². The van der Waals surface area contributed by atoms with Gasteiger partial charge in [-0.1, -0.05) is 6.08 Å². The number of phenolic OH excluding ortho intramolecular Hbond substituents is 1. The van der Waals surface area contributed by atoms with Gasteiger partial charge < -0.3 is 5.11 Å². The molecule has 1 N–H and O–H groups in total. The minimum absolute atomic E-state index is 0.0126. The molecule has 0 amide bonds. The summed E-state index contributed by atoms with van der Waals surface area (Å²) in [6, 6.07) is 3.81. The van der Waals surface area contributed by atoms with Gasteiger partial charge in [-0.15, -0.1) is 6.58 Å². The van der Waals surface area contributed by atoms with Crippen LogP contribution in [0.1, 0.15) is 5.56 Å². The van der Waals surface area contributed by atoms with E-state index in [0.29, 0.717) is 12.0 Å². The molecule has 0 aliphatic heterocycles. The number of thioether (sulfide) groups is 1. The maximum Gasteiger partial charge on any atom is 0.446 e. The molecule has 0 aliphatic rings. The molecule has 0 spiro atoms. The Kier molecular flexibility index (Phi) is 3.68. The Morgan fingerprint density at radius 2 is 2.07 bits per heavy atom. The molecule has 0 radical (unpaired) electrons. The smallest absolute Gasteiger partial charge is 0.446 e. The van der Waals surface area contributed by atoms with Gasteiger partial charge in [0.25, 0.3) is 0 Å². The number of hydrogen-bond donors (Lipinski definition) is 1. The summed E-state index contributed by atoms with van der Waals surface area (Å²) in [5.74, 6) is -0.0126. The van der Waals surface area contributed by atoms with E-state index in [0.717, 1.165) is 0 Å². The van der Waals surface area contributed by atoms with Crippen molar-refractivity contribution < 1.29 is 18.3 Å². The quantitative estimate of drug-likeness (QED) is 0.635. The zero-order valence-corrected chi connectivity index (χ0v) is 8.53. The van der Waals surface area contributed by atoms with Crippen LogP contribution in [-0.2, 0) is 6.42 Å². The molecule has 0 aromatic heterocycles. The van der Waals surface area contributed by atoms with E-state index in [-0.39, 0.29) is 22.4 Å². The van der Waals surface area contributed by atoms with Gasteiger partial charge in [-0.3, -0.25) is 0 Å². The van der Waals surface area contributed by atoms with Gasteiger partial charge in [-0.05, 0) is 41.9 Å². The fourth-order valence-corrected chi connectivity index (χ4v) is 1.68. The van der Waals surface area contributed by atoms with Gasteiger partial charge >= 0.3 is 5.51 Å². The number of aromatic hydroxyl groups is 1. The SMILES string of the molecule is C=CCc1cc(SC(F)(F)F)ccc1O. The number of phenols is 1. The minimum atomic E-state index is -4.30. The molecule has 5 heteroatoms. The summed E-state index contributed by atoms with van der Waals surface area (Å²) in [6.45, 7) is 3.46. The predicted octanol–water partition coefficient (Wildman–Crippen LogP) is 3.73. The van der Waals surface area contributed by atoms with Gasteiger partial charge in [0.1, 0.15) is 5.75 Å². The van der Waals surface area contributed by atoms with Crippen molar-refractivity contribution in [2.24, 2.45) is 0 Å². The van der Waals surface area contributed by atoms with E-state index in [2.05, 4.69) is 6.58 Å². The van der Waals surface area contributed by atoms with Crippen molar-refractivity contribution in [3.8, 4) is 5.75 Å². The van der Waals surface area contributed by atoms with Gasteiger partial charge in [-0.2, -0.15) is 13.2 Å². The summed E-state index contributed by atoms with van der Waals surface area (Å²) in [7, 11) is 0. The molecule has 0 fully saturated rings. The van der Waals surface area contributed by atoms with E-state index in [9.17, 15) is 18.3 Å². The molecule has 82 valence electrons. The zero-order valence-electron chi connectivity index (χ0n) is 7.71. The molecule has 0 saturated carbocycles. The highest BCUT2D eigenvalue weighted by Gasteiger charge is 2.29. The average Bonchev–Trinajstić information content (AvgIpc) is 2.09. The van der Waals surface area contributed by atoms with Gasteiger partial charge in [0.15, 0.2) is 0 Å². The third-order valence-electron chi connectivity index (χ3n) is 1.65. The van der Waals surface area contributed by atoms with E-state index >= 15 is 0 Å². The van der Waals surface area contributed by atoms with E-state index < -0.39 is 5.51 Å². The number of allylic oxidation sites excluding steroid dienone is 1. The van der Waals surface area contributed by atoms with E-state index in [1.54, 1.807) is 0 Å². The first-order valence-electron chi connectivity index (χ1n) is 4.11. The first kappa shape index (κ1) is 12.0. The topological polar surface area (TPSA) is 20.2 Å². The highest BCUT2D eigenvalue weighted by atomic mass is 32.2. The fourth-order valence-electron chi connectivity index (χ4n) is 1.08. The maximum atomic E-state index is 12.0. The second kappa shape index (κ2) is 4.61. The summed E-state index contributed by atoms with van der Waals surface area (Å²) in [5, 5.41) is 9.33. The van der Waals surface area contributed by atoms with Gasteiger partial charge in [0, 0.05) is 4.90 Å². The van der Waals surface area contributed by atoms with Crippen molar-refractivity contribution in [1.29, 1.82) is 0 Å². The van der Waals surface area contributed by atoms with Crippen molar-refractivity contribution >= 4 is 11.8 Å². The molecule has 0 heterocycles. The molecule has 0 aliphatic carbocycles. The Morgan fingerprint density at radius 1 is 1.40 bits per heavy atom. The number of alkyl halides is 3. The molecule has 1 nitrogen and oxygen atoms in total. The van der Waals surface area contributed by atoms with Crippen molar-refractivity contribution in [1.82, 2.24) is 0 Å². The lowest BCUT2D eigenvalue weighted by atomic mass is 10.1. The lowest BCUT2D eigenvalue weighted by Crippen LogP contribution is -1.99. The molecule has 0 bridgehead atoms. The maximum absolute atomic E-state index is 12.0. The van der Waals surface area contributed by atoms with Crippen molar-refractivity contribution in [3.05, 3.63) is 36.4 Å². The van der Waals surface area contributed by atoms with E-state index in [4.69, 9.17) is 0 Å². The summed E-state index contributed by atoms with van der Waals surface area (Å²) in [4.78, 5) is 0.0668. The molecule has 0 atom stereocenters. The molecule has 1 aromatic carbocycles. The van der Waals surface area contributed by atoms with Crippen molar-refractivity contribution in [2.75, 3.05) is 0 Å². The molecular formula is C10H9F3OS. The average molecular weight is 234 g/mol. The van der Waals surface area contributed by atoms with Crippen molar-refractivity contribution in [3.63, 3.8) is 0 Å².